The first kappa shape index (κ1) is 13.2. The Hall–Kier alpha value is -1.20. The van der Waals surface area contributed by atoms with Gasteiger partial charge in [-0.25, -0.2) is 0 Å². The lowest BCUT2D eigenvalue weighted by Gasteiger charge is -2.34. The van der Waals surface area contributed by atoms with E-state index in [1.165, 1.54) is 0 Å². The highest BCUT2D eigenvalue weighted by Gasteiger charge is 2.24. The number of rotatable bonds is 4. The zero-order valence-electron chi connectivity index (χ0n) is 10.1. The highest BCUT2D eigenvalue weighted by molar-refractivity contribution is 7.99. The maximum absolute atomic E-state index is 10.8. The highest BCUT2D eigenvalue weighted by Crippen LogP contribution is 2.22. The van der Waals surface area contributed by atoms with Gasteiger partial charge < -0.3 is 10.2 Å². The smallest absolute Gasteiger partial charge is 0.304 e. The molecule has 1 aromatic carbocycles. The Morgan fingerprint density at radius 3 is 3.06 bits per heavy atom. The highest BCUT2D eigenvalue weighted by atomic mass is 32.2. The first-order chi connectivity index (χ1) is 8.65. The van der Waals surface area contributed by atoms with E-state index in [9.17, 15) is 9.90 Å². The van der Waals surface area contributed by atoms with E-state index in [1.807, 2.05) is 23.9 Å². The van der Waals surface area contributed by atoms with Crippen LogP contribution in [0.5, 0.6) is 5.75 Å². The lowest BCUT2D eigenvalue weighted by Crippen LogP contribution is -2.42. The maximum Gasteiger partial charge on any atom is 0.304 e. The van der Waals surface area contributed by atoms with Crippen LogP contribution in [0.15, 0.2) is 24.3 Å². The van der Waals surface area contributed by atoms with Crippen molar-refractivity contribution in [3.8, 4) is 5.75 Å². The Morgan fingerprint density at radius 2 is 2.33 bits per heavy atom. The van der Waals surface area contributed by atoms with Crippen molar-refractivity contribution < 1.29 is 15.0 Å². The van der Waals surface area contributed by atoms with E-state index in [0.717, 1.165) is 23.6 Å². The number of carboxylic acid groups (broad SMARTS) is 1. The minimum atomic E-state index is -0.747. The number of carbonyl (C=O) groups is 1. The molecule has 4 nitrogen and oxygen atoms in total. The Balaban J connectivity index is 2.03. The Labute approximate surface area is 111 Å². The summed E-state index contributed by atoms with van der Waals surface area (Å²) in [6.45, 7) is 1.60. The summed E-state index contributed by atoms with van der Waals surface area (Å²) in [5, 5.41) is 18.4. The second-order valence-electron chi connectivity index (χ2n) is 4.47. The van der Waals surface area contributed by atoms with Gasteiger partial charge in [-0.3, -0.25) is 9.69 Å². The number of nitrogens with zero attached hydrogens (tertiary/aromatic N) is 1. The molecule has 98 valence electrons. The van der Waals surface area contributed by atoms with Gasteiger partial charge in [0.2, 0.25) is 0 Å². The van der Waals surface area contributed by atoms with Gasteiger partial charge in [0.1, 0.15) is 5.75 Å². The molecule has 1 aliphatic rings. The van der Waals surface area contributed by atoms with Crippen molar-refractivity contribution >= 4 is 17.7 Å². The van der Waals surface area contributed by atoms with Gasteiger partial charge in [-0.05, 0) is 17.7 Å². The molecule has 1 fully saturated rings. The van der Waals surface area contributed by atoms with E-state index in [-0.39, 0.29) is 18.2 Å². The average Bonchev–Trinajstić information content (AvgIpc) is 2.31. The quantitative estimate of drug-likeness (QED) is 0.871. The molecule has 1 saturated heterocycles. The molecule has 18 heavy (non-hydrogen) atoms. The number of aromatic hydroxyl groups is 1. The molecule has 1 unspecified atom stereocenters. The zero-order chi connectivity index (χ0) is 13.0. The molecule has 1 aromatic rings. The minimum Gasteiger partial charge on any atom is -0.508 e. The third-order valence-corrected chi connectivity index (χ3v) is 4.15. The van der Waals surface area contributed by atoms with Crippen molar-refractivity contribution in [2.24, 2.45) is 0 Å². The second-order valence-corrected chi connectivity index (χ2v) is 5.62. The molecule has 0 aromatic heterocycles. The van der Waals surface area contributed by atoms with Gasteiger partial charge in [-0.15, -0.1) is 0 Å². The third-order valence-electron chi connectivity index (χ3n) is 3.06. The molecule has 0 amide bonds. The Bertz CT molecular complexity index is 424. The normalized spacial score (nSPS) is 20.8. The number of benzene rings is 1. The molecule has 0 bridgehead atoms. The van der Waals surface area contributed by atoms with E-state index in [4.69, 9.17) is 5.11 Å². The fourth-order valence-electron chi connectivity index (χ4n) is 2.18. The maximum atomic E-state index is 10.8. The van der Waals surface area contributed by atoms with Crippen LogP contribution in [-0.2, 0) is 11.3 Å². The van der Waals surface area contributed by atoms with Crippen LogP contribution in [0, 0.1) is 0 Å². The summed E-state index contributed by atoms with van der Waals surface area (Å²) in [5.41, 5.74) is 1.03. The van der Waals surface area contributed by atoms with Crippen LogP contribution in [0.4, 0.5) is 0 Å². The molecule has 1 atom stereocenters. The van der Waals surface area contributed by atoms with Crippen molar-refractivity contribution in [3.63, 3.8) is 0 Å². The monoisotopic (exact) mass is 267 g/mol. The van der Waals surface area contributed by atoms with Crippen LogP contribution in [0.1, 0.15) is 12.0 Å². The molecule has 1 heterocycles. The lowest BCUT2D eigenvalue weighted by molar-refractivity contribution is -0.138. The van der Waals surface area contributed by atoms with Gasteiger partial charge >= 0.3 is 5.97 Å². The van der Waals surface area contributed by atoms with E-state index < -0.39 is 5.97 Å². The van der Waals surface area contributed by atoms with Crippen LogP contribution in [0.2, 0.25) is 0 Å². The Kier molecular flexibility index (Phi) is 4.49. The number of hydrogen-bond donors (Lipinski definition) is 2. The van der Waals surface area contributed by atoms with Crippen LogP contribution >= 0.6 is 11.8 Å². The van der Waals surface area contributed by atoms with Gasteiger partial charge in [0.05, 0.1) is 6.42 Å². The fraction of sp³-hybridized carbons (Fsp3) is 0.462. The molecule has 0 radical (unpaired) electrons. The topological polar surface area (TPSA) is 60.8 Å². The van der Waals surface area contributed by atoms with Gasteiger partial charge in [-0.1, -0.05) is 12.1 Å². The van der Waals surface area contributed by atoms with Gasteiger partial charge in [-0.2, -0.15) is 11.8 Å². The van der Waals surface area contributed by atoms with Gasteiger partial charge in [0.15, 0.2) is 0 Å². The molecule has 2 N–H and O–H groups in total. The van der Waals surface area contributed by atoms with Gasteiger partial charge in [0, 0.05) is 30.6 Å². The van der Waals surface area contributed by atoms with Crippen LogP contribution in [-0.4, -0.2) is 45.2 Å². The largest absolute Gasteiger partial charge is 0.508 e. The summed E-state index contributed by atoms with van der Waals surface area (Å²) in [7, 11) is 0. The molecule has 0 spiro atoms. The fourth-order valence-corrected chi connectivity index (χ4v) is 3.31. The minimum absolute atomic E-state index is 0.0867. The molecule has 2 rings (SSSR count). The number of aliphatic carboxylic acids is 1. The van der Waals surface area contributed by atoms with Crippen molar-refractivity contribution in [1.29, 1.82) is 0 Å². The lowest BCUT2D eigenvalue weighted by atomic mass is 10.1. The predicted molar refractivity (Wildman–Crippen MR) is 71.9 cm³/mol. The number of hydrogen-bond acceptors (Lipinski definition) is 4. The summed E-state index contributed by atoms with van der Waals surface area (Å²) in [5.74, 6) is 1.41. The van der Waals surface area contributed by atoms with Crippen LogP contribution in [0.25, 0.3) is 0 Å². The first-order valence-electron chi connectivity index (χ1n) is 5.96. The van der Waals surface area contributed by atoms with Crippen molar-refractivity contribution in [2.45, 2.75) is 19.0 Å². The van der Waals surface area contributed by atoms with E-state index >= 15 is 0 Å². The van der Waals surface area contributed by atoms with Gasteiger partial charge in [0.25, 0.3) is 0 Å². The summed E-state index contributed by atoms with van der Waals surface area (Å²) in [4.78, 5) is 13.0. The average molecular weight is 267 g/mol. The number of thioether (sulfide) groups is 1. The number of phenolic OH excluding ortho intramolecular Hbond substituents is 1. The van der Waals surface area contributed by atoms with Crippen LogP contribution in [0.3, 0.4) is 0 Å². The van der Waals surface area contributed by atoms with Crippen molar-refractivity contribution in [1.82, 2.24) is 4.90 Å². The second kappa shape index (κ2) is 6.11. The van der Waals surface area contributed by atoms with E-state index in [0.29, 0.717) is 6.54 Å². The molecule has 0 aliphatic carbocycles. The molecule has 5 heteroatoms. The standard InChI is InChI=1S/C13H17NO3S/c15-12-3-1-2-10(6-12)8-14-4-5-18-9-11(14)7-13(16)17/h1-3,6,11,15H,4-5,7-9H2,(H,16,17). The van der Waals surface area contributed by atoms with E-state index in [1.54, 1.807) is 12.1 Å². The molecule has 1 aliphatic heterocycles. The Morgan fingerprint density at radius 1 is 1.50 bits per heavy atom. The predicted octanol–water partition coefficient (Wildman–Crippen LogP) is 1.78. The third kappa shape index (κ3) is 3.65. The number of phenols is 1. The van der Waals surface area contributed by atoms with E-state index in [2.05, 4.69) is 4.90 Å². The van der Waals surface area contributed by atoms with Crippen LogP contribution < -0.4 is 0 Å². The SMILES string of the molecule is O=C(O)CC1CSCCN1Cc1cccc(O)c1. The molecular formula is C13H17NO3S. The summed E-state index contributed by atoms with van der Waals surface area (Å²) in [6, 6.07) is 7.24. The number of carboxylic acids is 1. The van der Waals surface area contributed by atoms with Crippen molar-refractivity contribution in [3.05, 3.63) is 29.8 Å². The zero-order valence-corrected chi connectivity index (χ0v) is 10.9. The first-order valence-corrected chi connectivity index (χ1v) is 7.12. The summed E-state index contributed by atoms with van der Waals surface area (Å²) >= 11 is 1.81. The summed E-state index contributed by atoms with van der Waals surface area (Å²) < 4.78 is 0. The molecule has 0 saturated carbocycles. The molecular weight excluding hydrogens is 250 g/mol. The summed E-state index contributed by atoms with van der Waals surface area (Å²) in [6.07, 6.45) is 0.186. The van der Waals surface area contributed by atoms with Crippen molar-refractivity contribution in [2.75, 3.05) is 18.1 Å².